The minimum Gasteiger partial charge on any atom is -0.358 e. The summed E-state index contributed by atoms with van der Waals surface area (Å²) in [6, 6.07) is 7.93. The molecule has 4 rings (SSSR count). The average molecular weight is 334 g/mol. The van der Waals surface area contributed by atoms with Crippen molar-refractivity contribution < 1.29 is 9.32 Å². The molecule has 0 aliphatic heterocycles. The molecule has 3 aromatic heterocycles. The van der Waals surface area contributed by atoms with Gasteiger partial charge in [-0.05, 0) is 50.1 Å². The van der Waals surface area contributed by atoms with Crippen LogP contribution >= 0.6 is 0 Å². The molecule has 0 bridgehead atoms. The first-order valence-electron chi connectivity index (χ1n) is 8.11. The van der Waals surface area contributed by atoms with Crippen LogP contribution in [0.1, 0.15) is 32.9 Å². The molecule has 0 fully saturated rings. The normalized spacial score (nSPS) is 11.3. The zero-order chi connectivity index (χ0) is 17.6. The van der Waals surface area contributed by atoms with Gasteiger partial charge in [0.15, 0.2) is 0 Å². The van der Waals surface area contributed by atoms with Crippen molar-refractivity contribution in [3.8, 4) is 0 Å². The molecule has 0 unspecified atom stereocenters. The summed E-state index contributed by atoms with van der Waals surface area (Å²) in [5.74, 6) is -0.169. The molecule has 6 nitrogen and oxygen atoms in total. The summed E-state index contributed by atoms with van der Waals surface area (Å²) in [5.41, 5.74) is 6.23. The Morgan fingerprint density at radius 1 is 1.20 bits per heavy atom. The van der Waals surface area contributed by atoms with Crippen LogP contribution in [-0.4, -0.2) is 21.0 Å². The van der Waals surface area contributed by atoms with Crippen LogP contribution < -0.4 is 5.32 Å². The van der Waals surface area contributed by atoms with Crippen molar-refractivity contribution in [2.24, 2.45) is 0 Å². The molecule has 25 heavy (non-hydrogen) atoms. The Balaban J connectivity index is 1.54. The third-order valence-electron chi connectivity index (χ3n) is 4.60. The van der Waals surface area contributed by atoms with Gasteiger partial charge in [0.1, 0.15) is 0 Å². The van der Waals surface area contributed by atoms with E-state index < -0.39 is 0 Å². The van der Waals surface area contributed by atoms with Crippen LogP contribution in [0.4, 0.5) is 0 Å². The Hall–Kier alpha value is -3.15. The van der Waals surface area contributed by atoms with E-state index in [1.807, 2.05) is 19.1 Å². The highest BCUT2D eigenvalue weighted by atomic mass is 16.5. The maximum atomic E-state index is 12.4. The van der Waals surface area contributed by atoms with Crippen molar-refractivity contribution in [2.75, 3.05) is 0 Å². The maximum absolute atomic E-state index is 12.4. The topological polar surface area (TPSA) is 83.8 Å². The maximum Gasteiger partial charge on any atom is 0.257 e. The zero-order valence-electron chi connectivity index (χ0n) is 14.3. The van der Waals surface area contributed by atoms with Crippen molar-refractivity contribution in [1.82, 2.24) is 20.4 Å². The molecule has 0 saturated carbocycles. The van der Waals surface area contributed by atoms with E-state index in [2.05, 4.69) is 40.4 Å². The quantitative estimate of drug-likeness (QED) is 0.600. The molecule has 0 atom stereocenters. The monoisotopic (exact) mass is 334 g/mol. The standard InChI is InChI=1S/C19H18N4O2/c1-10-11(2)22-17-5-4-13(6-15(10)17)8-20-18(24)14-7-16-12(3)23-25-19(16)21-9-14/h4-7,9,22H,8H2,1-3H3,(H,20,24). The summed E-state index contributed by atoms with van der Waals surface area (Å²) in [4.78, 5) is 19.9. The Kier molecular flexibility index (Phi) is 3.53. The second kappa shape index (κ2) is 5.73. The molecule has 0 spiro atoms. The Labute approximate surface area is 144 Å². The molecule has 6 heteroatoms. The molecule has 4 aromatic rings. The third-order valence-corrected chi connectivity index (χ3v) is 4.60. The number of nitrogens with one attached hydrogen (secondary N) is 2. The molecular formula is C19H18N4O2. The number of amides is 1. The summed E-state index contributed by atoms with van der Waals surface area (Å²) < 4.78 is 5.07. The lowest BCUT2D eigenvalue weighted by atomic mass is 10.1. The first-order chi connectivity index (χ1) is 12.0. The van der Waals surface area contributed by atoms with E-state index in [-0.39, 0.29) is 5.91 Å². The molecule has 1 amide bonds. The van der Waals surface area contributed by atoms with Gasteiger partial charge in [-0.3, -0.25) is 4.79 Å². The van der Waals surface area contributed by atoms with Gasteiger partial charge in [0.05, 0.1) is 16.6 Å². The van der Waals surface area contributed by atoms with E-state index in [4.69, 9.17) is 4.52 Å². The summed E-state index contributed by atoms with van der Waals surface area (Å²) in [7, 11) is 0. The predicted octanol–water partition coefficient (Wildman–Crippen LogP) is 3.56. The highest BCUT2D eigenvalue weighted by Crippen LogP contribution is 2.22. The van der Waals surface area contributed by atoms with Gasteiger partial charge in [-0.25, -0.2) is 4.98 Å². The minimum absolute atomic E-state index is 0.169. The van der Waals surface area contributed by atoms with Gasteiger partial charge in [0.25, 0.3) is 11.6 Å². The second-order valence-corrected chi connectivity index (χ2v) is 6.28. The molecule has 1 aromatic carbocycles. The van der Waals surface area contributed by atoms with Crippen molar-refractivity contribution in [1.29, 1.82) is 0 Å². The summed E-state index contributed by atoms with van der Waals surface area (Å²) in [6.45, 7) is 6.44. The van der Waals surface area contributed by atoms with Gasteiger partial charge in [-0.15, -0.1) is 0 Å². The number of carbonyl (C=O) groups is 1. The number of carbonyl (C=O) groups excluding carboxylic acids is 1. The van der Waals surface area contributed by atoms with Gasteiger partial charge in [0, 0.05) is 29.3 Å². The fourth-order valence-corrected chi connectivity index (χ4v) is 2.97. The molecular weight excluding hydrogens is 316 g/mol. The fourth-order valence-electron chi connectivity index (χ4n) is 2.97. The van der Waals surface area contributed by atoms with Gasteiger partial charge >= 0.3 is 0 Å². The van der Waals surface area contributed by atoms with Crippen LogP contribution in [0, 0.1) is 20.8 Å². The predicted molar refractivity (Wildman–Crippen MR) is 95.5 cm³/mol. The lowest BCUT2D eigenvalue weighted by Crippen LogP contribution is -2.22. The number of fused-ring (bicyclic) bond motifs is 2. The van der Waals surface area contributed by atoms with Crippen LogP contribution in [0.2, 0.25) is 0 Å². The van der Waals surface area contributed by atoms with Crippen LogP contribution in [0.5, 0.6) is 0 Å². The number of hydrogen-bond acceptors (Lipinski definition) is 4. The lowest BCUT2D eigenvalue weighted by Gasteiger charge is -2.06. The summed E-state index contributed by atoms with van der Waals surface area (Å²) >= 11 is 0. The van der Waals surface area contributed by atoms with E-state index >= 15 is 0 Å². The molecule has 0 saturated heterocycles. The van der Waals surface area contributed by atoms with Gasteiger partial charge in [-0.2, -0.15) is 0 Å². The lowest BCUT2D eigenvalue weighted by molar-refractivity contribution is 0.0950. The van der Waals surface area contributed by atoms with E-state index in [1.165, 1.54) is 22.8 Å². The Morgan fingerprint density at radius 3 is 2.88 bits per heavy atom. The molecule has 3 heterocycles. The molecule has 126 valence electrons. The third kappa shape index (κ3) is 2.65. The van der Waals surface area contributed by atoms with Crippen LogP contribution in [0.25, 0.3) is 22.0 Å². The Bertz CT molecular complexity index is 1110. The first kappa shape index (κ1) is 15.4. The number of hydrogen-bond donors (Lipinski definition) is 2. The smallest absolute Gasteiger partial charge is 0.257 e. The van der Waals surface area contributed by atoms with Crippen LogP contribution in [-0.2, 0) is 6.54 Å². The number of aryl methyl sites for hydroxylation is 3. The highest BCUT2D eigenvalue weighted by Gasteiger charge is 2.12. The molecule has 0 aliphatic carbocycles. The number of aromatic nitrogens is 3. The summed E-state index contributed by atoms with van der Waals surface area (Å²) in [6.07, 6.45) is 1.51. The van der Waals surface area contributed by atoms with Crippen molar-refractivity contribution in [2.45, 2.75) is 27.3 Å². The van der Waals surface area contributed by atoms with Gasteiger partial charge < -0.3 is 14.8 Å². The molecule has 0 aliphatic rings. The minimum atomic E-state index is -0.169. The SMILES string of the molecule is Cc1[nH]c2ccc(CNC(=O)c3cnc4onc(C)c4c3)cc2c1C. The first-order valence-corrected chi connectivity index (χ1v) is 8.11. The number of benzene rings is 1. The zero-order valence-corrected chi connectivity index (χ0v) is 14.3. The van der Waals surface area contributed by atoms with Crippen molar-refractivity contribution in [3.05, 3.63) is 58.5 Å². The Morgan fingerprint density at radius 2 is 2.04 bits per heavy atom. The number of pyridine rings is 1. The number of aromatic amines is 1. The van der Waals surface area contributed by atoms with Crippen LogP contribution in [0.3, 0.4) is 0 Å². The van der Waals surface area contributed by atoms with Crippen LogP contribution in [0.15, 0.2) is 35.0 Å². The average Bonchev–Trinajstić information content (AvgIpc) is 3.13. The highest BCUT2D eigenvalue weighted by molar-refractivity contribution is 5.97. The summed E-state index contributed by atoms with van der Waals surface area (Å²) in [5, 5.41) is 8.74. The molecule has 0 radical (unpaired) electrons. The number of H-pyrrole nitrogens is 1. The van der Waals surface area contributed by atoms with E-state index in [1.54, 1.807) is 6.07 Å². The van der Waals surface area contributed by atoms with Crippen molar-refractivity contribution >= 4 is 27.9 Å². The van der Waals surface area contributed by atoms with Crippen molar-refractivity contribution in [3.63, 3.8) is 0 Å². The van der Waals surface area contributed by atoms with E-state index in [0.717, 1.165) is 22.2 Å². The van der Waals surface area contributed by atoms with Gasteiger partial charge in [-0.1, -0.05) is 11.2 Å². The van der Waals surface area contributed by atoms with Gasteiger partial charge in [0.2, 0.25) is 0 Å². The number of nitrogens with zero attached hydrogens (tertiary/aromatic N) is 2. The van der Waals surface area contributed by atoms with E-state index in [9.17, 15) is 4.79 Å². The number of rotatable bonds is 3. The largest absolute Gasteiger partial charge is 0.358 e. The fraction of sp³-hybridized carbons (Fsp3) is 0.211. The molecule has 2 N–H and O–H groups in total. The second-order valence-electron chi connectivity index (χ2n) is 6.28. The van der Waals surface area contributed by atoms with E-state index in [0.29, 0.717) is 17.8 Å².